The Hall–Kier alpha value is -1.92. The first kappa shape index (κ1) is 16.5. The van der Waals surface area contributed by atoms with Crippen molar-refractivity contribution in [1.29, 1.82) is 0 Å². The van der Waals surface area contributed by atoms with E-state index < -0.39 is 29.9 Å². The van der Waals surface area contributed by atoms with E-state index in [1.54, 1.807) is 4.90 Å². The van der Waals surface area contributed by atoms with Gasteiger partial charge in [-0.25, -0.2) is 4.79 Å². The van der Waals surface area contributed by atoms with Crippen LogP contribution in [0.15, 0.2) is 30.3 Å². The van der Waals surface area contributed by atoms with Gasteiger partial charge in [-0.3, -0.25) is 9.69 Å². The van der Waals surface area contributed by atoms with Gasteiger partial charge in [0.15, 0.2) is 5.78 Å². The van der Waals surface area contributed by atoms with Crippen LogP contribution in [0.5, 0.6) is 0 Å². The quantitative estimate of drug-likeness (QED) is 0.841. The Balaban J connectivity index is 1.53. The molecule has 4 aliphatic heterocycles. The number of hydrogen-bond donors (Lipinski definition) is 0. The van der Waals surface area contributed by atoms with Crippen molar-refractivity contribution in [2.24, 2.45) is 0 Å². The summed E-state index contributed by atoms with van der Waals surface area (Å²) in [5.41, 5.74) is 0.441. The molecule has 25 heavy (non-hydrogen) atoms. The molecule has 4 bridgehead atoms. The number of carbonyl (C=O) groups excluding carboxylic acids is 2. The van der Waals surface area contributed by atoms with Gasteiger partial charge in [-0.05, 0) is 26.3 Å². The highest BCUT2D eigenvalue weighted by Gasteiger charge is 2.67. The smallest absolute Gasteiger partial charge is 0.411 e. The van der Waals surface area contributed by atoms with Crippen molar-refractivity contribution in [2.75, 3.05) is 0 Å². The molecule has 1 aromatic carbocycles. The fraction of sp³-hybridized carbons (Fsp3) is 0.579. The van der Waals surface area contributed by atoms with Crippen molar-refractivity contribution in [3.05, 3.63) is 35.9 Å². The number of nitrogens with zero attached hydrogens (tertiary/aromatic N) is 1. The van der Waals surface area contributed by atoms with E-state index in [1.807, 2.05) is 51.1 Å². The standard InChI is InChI=1S/C19H23NO5/c1-19(2,3)25-18(22)20-12-9-13-15(21)14(20)17(24-13)16(12)23-10-11-7-5-4-6-8-11/h4-8,12-14,16-17H,9-10H2,1-3H3/t12-,13-,14+,16-,17-/m1/s1. The van der Waals surface area contributed by atoms with Gasteiger partial charge in [-0.1, -0.05) is 30.3 Å². The van der Waals surface area contributed by atoms with Gasteiger partial charge in [0.25, 0.3) is 0 Å². The first-order valence-corrected chi connectivity index (χ1v) is 8.71. The number of Topliss-reactive ketones (excluding diaryl/α,β-unsaturated/α-hetero) is 1. The second kappa shape index (κ2) is 5.81. The van der Waals surface area contributed by atoms with E-state index in [0.29, 0.717) is 13.0 Å². The number of hydrogen-bond acceptors (Lipinski definition) is 5. The van der Waals surface area contributed by atoms with Crippen molar-refractivity contribution in [2.45, 2.75) is 69.8 Å². The van der Waals surface area contributed by atoms with Gasteiger partial charge in [0.1, 0.15) is 30.0 Å². The van der Waals surface area contributed by atoms with Crippen LogP contribution >= 0.6 is 0 Å². The summed E-state index contributed by atoms with van der Waals surface area (Å²) in [5.74, 6) is -0.0297. The summed E-state index contributed by atoms with van der Waals surface area (Å²) in [4.78, 5) is 26.7. The van der Waals surface area contributed by atoms with Crippen LogP contribution in [-0.2, 0) is 25.6 Å². The van der Waals surface area contributed by atoms with Gasteiger partial charge >= 0.3 is 6.09 Å². The van der Waals surface area contributed by atoms with E-state index in [4.69, 9.17) is 14.2 Å². The molecule has 4 aliphatic rings. The Bertz CT molecular complexity index is 683. The zero-order valence-electron chi connectivity index (χ0n) is 14.7. The minimum absolute atomic E-state index is 0.0297. The van der Waals surface area contributed by atoms with Gasteiger partial charge in [0.05, 0.1) is 12.6 Å². The molecule has 6 heteroatoms. The summed E-state index contributed by atoms with van der Waals surface area (Å²) in [7, 11) is 0. The molecule has 0 saturated carbocycles. The topological polar surface area (TPSA) is 65.1 Å². The SMILES string of the molecule is CC(C)(C)OC(=O)N1[C@@H]2C[C@H]3O[C@@H]([C@@H]2OCc2ccccc2)[C@@H]1C3=O. The number of amides is 1. The van der Waals surface area contributed by atoms with Crippen LogP contribution in [-0.4, -0.2) is 52.8 Å². The first-order valence-electron chi connectivity index (χ1n) is 8.71. The molecule has 134 valence electrons. The zero-order valence-corrected chi connectivity index (χ0v) is 14.7. The van der Waals surface area contributed by atoms with Crippen LogP contribution in [0.25, 0.3) is 0 Å². The molecule has 4 fully saturated rings. The molecular weight excluding hydrogens is 322 g/mol. The first-order chi connectivity index (χ1) is 11.8. The third kappa shape index (κ3) is 2.83. The predicted octanol–water partition coefficient (Wildman–Crippen LogP) is 2.30. The number of rotatable bonds is 3. The van der Waals surface area contributed by atoms with Gasteiger partial charge < -0.3 is 14.2 Å². The molecule has 0 aliphatic carbocycles. The largest absolute Gasteiger partial charge is 0.444 e. The van der Waals surface area contributed by atoms with Gasteiger partial charge in [0, 0.05) is 6.42 Å². The van der Waals surface area contributed by atoms with E-state index in [1.165, 1.54) is 0 Å². The summed E-state index contributed by atoms with van der Waals surface area (Å²) < 4.78 is 17.4. The number of ether oxygens (including phenoxy) is 3. The van der Waals surface area contributed by atoms with Crippen molar-refractivity contribution in [3.8, 4) is 0 Å². The highest BCUT2D eigenvalue weighted by atomic mass is 16.6. The van der Waals surface area contributed by atoms with Crippen LogP contribution in [0.4, 0.5) is 4.79 Å². The van der Waals surface area contributed by atoms with Crippen molar-refractivity contribution in [3.63, 3.8) is 0 Å². The van der Waals surface area contributed by atoms with Crippen LogP contribution in [0.2, 0.25) is 0 Å². The monoisotopic (exact) mass is 345 g/mol. The molecule has 5 atom stereocenters. The average molecular weight is 345 g/mol. The van der Waals surface area contributed by atoms with E-state index in [2.05, 4.69) is 0 Å². The predicted molar refractivity (Wildman–Crippen MR) is 89.0 cm³/mol. The second-order valence-corrected chi connectivity index (χ2v) is 7.89. The lowest BCUT2D eigenvalue weighted by Gasteiger charge is -2.37. The molecule has 0 N–H and O–H groups in total. The molecule has 5 rings (SSSR count). The van der Waals surface area contributed by atoms with E-state index in [-0.39, 0.29) is 17.9 Å². The normalized spacial score (nSPS) is 33.2. The third-order valence-electron chi connectivity index (χ3n) is 4.95. The van der Waals surface area contributed by atoms with Crippen molar-refractivity contribution in [1.82, 2.24) is 4.90 Å². The molecule has 0 aromatic heterocycles. The Labute approximate surface area is 147 Å². The van der Waals surface area contributed by atoms with Crippen molar-refractivity contribution < 1.29 is 23.8 Å². The summed E-state index contributed by atoms with van der Waals surface area (Å²) in [5, 5.41) is 0. The average Bonchev–Trinajstić information content (AvgIpc) is 2.89. The molecule has 4 saturated heterocycles. The molecule has 6 nitrogen and oxygen atoms in total. The Kier molecular flexibility index (Phi) is 3.85. The minimum atomic E-state index is -0.610. The third-order valence-corrected chi connectivity index (χ3v) is 4.95. The molecular formula is C19H23NO5. The van der Waals surface area contributed by atoms with Gasteiger partial charge in [-0.2, -0.15) is 0 Å². The summed E-state index contributed by atoms with van der Waals surface area (Å²) in [6, 6.07) is 9.08. The lowest BCUT2D eigenvalue weighted by molar-refractivity contribution is -0.141. The maximum atomic E-state index is 12.6. The van der Waals surface area contributed by atoms with E-state index in [9.17, 15) is 9.59 Å². The Morgan fingerprint density at radius 3 is 2.68 bits per heavy atom. The minimum Gasteiger partial charge on any atom is -0.444 e. The molecule has 1 amide bonds. The molecule has 0 spiro atoms. The van der Waals surface area contributed by atoms with Crippen LogP contribution in [0.3, 0.4) is 0 Å². The number of piperidine rings is 1. The molecule has 1 aromatic rings. The summed E-state index contributed by atoms with van der Waals surface area (Å²) in [6.45, 7) is 5.88. The zero-order chi connectivity index (χ0) is 17.8. The molecule has 4 heterocycles. The second-order valence-electron chi connectivity index (χ2n) is 7.89. The number of ketones is 1. The van der Waals surface area contributed by atoms with E-state index >= 15 is 0 Å². The summed E-state index contributed by atoms with van der Waals surface area (Å²) in [6.07, 6.45) is -1.09. The maximum Gasteiger partial charge on any atom is 0.411 e. The fourth-order valence-electron chi connectivity index (χ4n) is 3.99. The number of benzene rings is 1. The number of carbonyl (C=O) groups is 2. The highest BCUT2D eigenvalue weighted by Crippen LogP contribution is 2.45. The van der Waals surface area contributed by atoms with E-state index in [0.717, 1.165) is 5.56 Å². The lowest BCUT2D eigenvalue weighted by Crippen LogP contribution is -2.54. The Morgan fingerprint density at radius 1 is 1.28 bits per heavy atom. The molecule has 0 unspecified atom stereocenters. The Morgan fingerprint density at radius 2 is 2.00 bits per heavy atom. The van der Waals surface area contributed by atoms with Gasteiger partial charge in [0.2, 0.25) is 0 Å². The van der Waals surface area contributed by atoms with Gasteiger partial charge in [-0.15, -0.1) is 0 Å². The lowest BCUT2D eigenvalue weighted by atomic mass is 9.99. The fourth-order valence-corrected chi connectivity index (χ4v) is 3.99. The highest BCUT2D eigenvalue weighted by molar-refractivity contribution is 5.96. The maximum absolute atomic E-state index is 12.6. The molecule has 0 radical (unpaired) electrons. The van der Waals surface area contributed by atoms with Crippen LogP contribution in [0, 0.1) is 0 Å². The van der Waals surface area contributed by atoms with Crippen molar-refractivity contribution >= 4 is 11.9 Å². The van der Waals surface area contributed by atoms with Crippen LogP contribution in [0.1, 0.15) is 32.8 Å². The summed E-state index contributed by atoms with van der Waals surface area (Å²) >= 11 is 0. The van der Waals surface area contributed by atoms with Crippen LogP contribution < -0.4 is 0 Å².